The summed E-state index contributed by atoms with van der Waals surface area (Å²) in [5.41, 5.74) is 1.37. The minimum absolute atomic E-state index is 1.35. The third kappa shape index (κ3) is 1.66. The van der Waals surface area contributed by atoms with Crippen LogP contribution in [0.15, 0.2) is 23.1 Å². The predicted molar refractivity (Wildman–Crippen MR) is 55.7 cm³/mol. The summed E-state index contributed by atoms with van der Waals surface area (Å²) >= 11 is 4.18. The first kappa shape index (κ1) is 8.40. The highest BCUT2D eigenvalue weighted by Crippen LogP contribution is 2.25. The Balaban J connectivity index is 3.17. The van der Waals surface area contributed by atoms with Gasteiger partial charge in [0.05, 0.1) is 0 Å². The van der Waals surface area contributed by atoms with E-state index in [-0.39, 0.29) is 0 Å². The molecule has 54 valence electrons. The molecule has 0 heterocycles. The fraction of sp³-hybridized carbons (Fsp3) is 0.250. The molecule has 0 fully saturated rings. The van der Waals surface area contributed by atoms with Crippen LogP contribution in [0.2, 0.25) is 0 Å². The van der Waals surface area contributed by atoms with Crippen LogP contribution in [-0.4, -0.2) is 6.26 Å². The summed E-state index contributed by atoms with van der Waals surface area (Å²) in [6.45, 7) is 2.15. The van der Waals surface area contributed by atoms with Crippen LogP contribution >= 0.6 is 34.4 Å². The maximum absolute atomic E-state index is 2.37. The smallest absolute Gasteiger partial charge is 0.0268 e. The van der Waals surface area contributed by atoms with Gasteiger partial charge in [0, 0.05) is 8.47 Å². The topological polar surface area (TPSA) is 0 Å². The maximum Gasteiger partial charge on any atom is 0.0268 e. The molecule has 0 radical (unpaired) electrons. The number of benzene rings is 1. The molecule has 0 aliphatic rings. The first-order valence-corrected chi connectivity index (χ1v) is 5.35. The summed E-state index contributed by atoms with van der Waals surface area (Å²) in [6, 6.07) is 6.38. The van der Waals surface area contributed by atoms with Gasteiger partial charge in [0.1, 0.15) is 0 Å². The zero-order valence-corrected chi connectivity index (χ0v) is 8.99. The SMILES string of the molecule is CSc1c(C)cccc1I. The largest absolute Gasteiger partial charge is 0.128 e. The van der Waals surface area contributed by atoms with Crippen molar-refractivity contribution in [1.82, 2.24) is 0 Å². The second-order valence-corrected chi connectivity index (χ2v) is 4.07. The third-order valence-electron chi connectivity index (χ3n) is 1.37. The number of aryl methyl sites for hydroxylation is 1. The number of hydrogen-bond acceptors (Lipinski definition) is 1. The van der Waals surface area contributed by atoms with Crippen LogP contribution in [0, 0.1) is 10.5 Å². The van der Waals surface area contributed by atoms with Crippen LogP contribution < -0.4 is 0 Å². The van der Waals surface area contributed by atoms with Gasteiger partial charge in [0.25, 0.3) is 0 Å². The van der Waals surface area contributed by atoms with Crippen LogP contribution in [0.1, 0.15) is 5.56 Å². The van der Waals surface area contributed by atoms with Gasteiger partial charge in [-0.05, 0) is 47.4 Å². The summed E-state index contributed by atoms with van der Waals surface area (Å²) in [5.74, 6) is 0. The zero-order valence-electron chi connectivity index (χ0n) is 6.02. The molecule has 1 aromatic rings. The van der Waals surface area contributed by atoms with Gasteiger partial charge in [0.2, 0.25) is 0 Å². The molecule has 0 N–H and O–H groups in total. The van der Waals surface area contributed by atoms with E-state index < -0.39 is 0 Å². The molecule has 0 spiro atoms. The van der Waals surface area contributed by atoms with E-state index in [0.717, 1.165) is 0 Å². The van der Waals surface area contributed by atoms with Gasteiger partial charge < -0.3 is 0 Å². The van der Waals surface area contributed by atoms with Gasteiger partial charge in [-0.2, -0.15) is 0 Å². The molecule has 0 aliphatic heterocycles. The Bertz CT molecular complexity index is 212. The predicted octanol–water partition coefficient (Wildman–Crippen LogP) is 3.32. The quantitative estimate of drug-likeness (QED) is 0.554. The van der Waals surface area contributed by atoms with Crippen molar-refractivity contribution in [2.24, 2.45) is 0 Å². The van der Waals surface area contributed by atoms with E-state index in [1.807, 2.05) is 11.8 Å². The Hall–Kier alpha value is 0.300. The lowest BCUT2D eigenvalue weighted by Crippen LogP contribution is -1.81. The highest BCUT2D eigenvalue weighted by atomic mass is 127. The molecular formula is C8H9IS. The zero-order chi connectivity index (χ0) is 7.56. The fourth-order valence-corrected chi connectivity index (χ4v) is 2.82. The molecule has 1 aromatic carbocycles. The van der Waals surface area contributed by atoms with Crippen molar-refractivity contribution < 1.29 is 0 Å². The normalized spacial score (nSPS) is 9.90. The second kappa shape index (κ2) is 3.62. The highest BCUT2D eigenvalue weighted by molar-refractivity contribution is 14.1. The van der Waals surface area contributed by atoms with Crippen molar-refractivity contribution in [3.63, 3.8) is 0 Å². The van der Waals surface area contributed by atoms with E-state index in [1.165, 1.54) is 14.0 Å². The van der Waals surface area contributed by atoms with Gasteiger partial charge in [-0.1, -0.05) is 12.1 Å². The minimum Gasteiger partial charge on any atom is -0.128 e. The summed E-state index contributed by atoms with van der Waals surface area (Å²) in [7, 11) is 0. The van der Waals surface area contributed by atoms with E-state index >= 15 is 0 Å². The summed E-state index contributed by atoms with van der Waals surface area (Å²) in [4.78, 5) is 1.41. The summed E-state index contributed by atoms with van der Waals surface area (Å²) in [5, 5.41) is 0. The van der Waals surface area contributed by atoms with E-state index in [0.29, 0.717) is 0 Å². The maximum atomic E-state index is 2.37. The molecule has 10 heavy (non-hydrogen) atoms. The van der Waals surface area contributed by atoms with Crippen molar-refractivity contribution >= 4 is 34.4 Å². The molecule has 0 amide bonds. The average molecular weight is 264 g/mol. The lowest BCUT2D eigenvalue weighted by molar-refractivity contribution is 1.27. The minimum atomic E-state index is 1.35. The molecule has 0 atom stereocenters. The number of halogens is 1. The third-order valence-corrected chi connectivity index (χ3v) is 3.58. The fourth-order valence-electron chi connectivity index (χ4n) is 0.875. The standard InChI is InChI=1S/C8H9IS/c1-6-4-3-5-7(9)8(6)10-2/h3-5H,1-2H3. The van der Waals surface area contributed by atoms with Gasteiger partial charge >= 0.3 is 0 Å². The van der Waals surface area contributed by atoms with Gasteiger partial charge in [-0.3, -0.25) is 0 Å². The Morgan fingerprint density at radius 3 is 2.50 bits per heavy atom. The van der Waals surface area contributed by atoms with Crippen molar-refractivity contribution in [2.45, 2.75) is 11.8 Å². The highest BCUT2D eigenvalue weighted by Gasteiger charge is 1.98. The molecule has 0 aromatic heterocycles. The van der Waals surface area contributed by atoms with E-state index in [1.54, 1.807) is 0 Å². The average Bonchev–Trinajstić information content (AvgIpc) is 1.88. The molecule has 1 rings (SSSR count). The van der Waals surface area contributed by atoms with Crippen molar-refractivity contribution in [3.05, 3.63) is 27.3 Å². The lowest BCUT2D eigenvalue weighted by Gasteiger charge is -2.02. The molecule has 0 aliphatic carbocycles. The Morgan fingerprint density at radius 1 is 1.40 bits per heavy atom. The van der Waals surface area contributed by atoms with Gasteiger partial charge in [-0.25, -0.2) is 0 Å². The van der Waals surface area contributed by atoms with Crippen molar-refractivity contribution in [1.29, 1.82) is 0 Å². The Labute approximate surface area is 79.5 Å². The Kier molecular flexibility index (Phi) is 3.04. The molecular weight excluding hydrogens is 255 g/mol. The molecule has 0 saturated heterocycles. The van der Waals surface area contributed by atoms with Crippen LogP contribution in [-0.2, 0) is 0 Å². The van der Waals surface area contributed by atoms with Gasteiger partial charge in [0.15, 0.2) is 0 Å². The van der Waals surface area contributed by atoms with Crippen LogP contribution in [0.3, 0.4) is 0 Å². The lowest BCUT2D eigenvalue weighted by atomic mass is 10.2. The Morgan fingerprint density at radius 2 is 2.10 bits per heavy atom. The summed E-state index contributed by atoms with van der Waals surface area (Å²) in [6.07, 6.45) is 2.12. The van der Waals surface area contributed by atoms with Crippen molar-refractivity contribution in [3.8, 4) is 0 Å². The first-order valence-electron chi connectivity index (χ1n) is 3.05. The van der Waals surface area contributed by atoms with E-state index in [2.05, 4.69) is 54.0 Å². The van der Waals surface area contributed by atoms with Crippen molar-refractivity contribution in [2.75, 3.05) is 6.26 Å². The van der Waals surface area contributed by atoms with E-state index in [4.69, 9.17) is 0 Å². The molecule has 0 bridgehead atoms. The van der Waals surface area contributed by atoms with Crippen LogP contribution in [0.5, 0.6) is 0 Å². The van der Waals surface area contributed by atoms with Crippen LogP contribution in [0.4, 0.5) is 0 Å². The first-order chi connectivity index (χ1) is 4.75. The number of rotatable bonds is 1. The number of hydrogen-bond donors (Lipinski definition) is 0. The number of thioether (sulfide) groups is 1. The summed E-state index contributed by atoms with van der Waals surface area (Å²) < 4.78 is 1.35. The van der Waals surface area contributed by atoms with E-state index in [9.17, 15) is 0 Å². The molecule has 0 unspecified atom stereocenters. The van der Waals surface area contributed by atoms with Crippen LogP contribution in [0.25, 0.3) is 0 Å². The second-order valence-electron chi connectivity index (χ2n) is 2.09. The molecule has 2 heteroatoms. The molecule has 0 saturated carbocycles. The monoisotopic (exact) mass is 264 g/mol. The molecule has 0 nitrogen and oxygen atoms in total. The van der Waals surface area contributed by atoms with Gasteiger partial charge in [-0.15, -0.1) is 11.8 Å².